The summed E-state index contributed by atoms with van der Waals surface area (Å²) in [5.41, 5.74) is -1.59. The summed E-state index contributed by atoms with van der Waals surface area (Å²) in [6.07, 6.45) is 0.305. The summed E-state index contributed by atoms with van der Waals surface area (Å²) in [6, 6.07) is 0. The van der Waals surface area contributed by atoms with Crippen molar-refractivity contribution in [3.8, 4) is 0 Å². The molecule has 3 rings (SSSR count). The molecular weight excluding hydrogens is 350 g/mol. The lowest BCUT2D eigenvalue weighted by Crippen LogP contribution is -2.52. The van der Waals surface area contributed by atoms with Gasteiger partial charge in [-0.25, -0.2) is 10.1 Å². The number of carbonyl (C=O) groups excluding carboxylic acids is 1. The molecule has 1 N–H and O–H groups in total. The Bertz CT molecular complexity index is 594. The third-order valence-electron chi connectivity index (χ3n) is 4.60. The van der Waals surface area contributed by atoms with E-state index in [1.807, 2.05) is 0 Å². The highest BCUT2D eigenvalue weighted by Crippen LogP contribution is 2.60. The number of ether oxygens (including phenoxy) is 1. The number of hydrogen-bond donors (Lipinski definition) is 1. The third-order valence-corrected chi connectivity index (χ3v) is 7.06. The summed E-state index contributed by atoms with van der Waals surface area (Å²) in [5.74, 6) is -2.70. The number of hydrogen-bond acceptors (Lipinski definition) is 9. The fraction of sp³-hybridized carbons (Fsp3) is 0.900. The Hall–Kier alpha value is -0.530. The van der Waals surface area contributed by atoms with Crippen molar-refractivity contribution >= 4 is 28.1 Å². The summed E-state index contributed by atoms with van der Waals surface area (Å²) in [7, 11) is -3.97. The zero-order valence-corrected chi connectivity index (χ0v) is 12.7. The number of esters is 1. The SMILES string of the molecule is CC1(OC(=O)C(F)(F)SOOO)C2CC3OS(=O)(=O)C1C3C2. The van der Waals surface area contributed by atoms with Crippen molar-refractivity contribution in [2.45, 2.75) is 42.0 Å². The summed E-state index contributed by atoms with van der Waals surface area (Å²) >= 11 is -0.753. The van der Waals surface area contributed by atoms with E-state index in [0.717, 1.165) is 0 Å². The highest BCUT2D eigenvalue weighted by atomic mass is 32.2. The highest BCUT2D eigenvalue weighted by molar-refractivity contribution is 7.96. The van der Waals surface area contributed by atoms with Crippen LogP contribution >= 0.6 is 12.0 Å². The number of alkyl halides is 2. The van der Waals surface area contributed by atoms with E-state index in [-0.39, 0.29) is 11.8 Å². The minimum Gasteiger partial charge on any atom is -0.452 e. The quantitative estimate of drug-likeness (QED) is 0.253. The van der Waals surface area contributed by atoms with Crippen LogP contribution in [0.4, 0.5) is 8.78 Å². The van der Waals surface area contributed by atoms with Gasteiger partial charge >= 0.3 is 11.2 Å². The van der Waals surface area contributed by atoms with Gasteiger partial charge in [-0.1, -0.05) is 5.04 Å². The average molecular weight is 362 g/mol. The minimum absolute atomic E-state index is 0.332. The smallest absolute Gasteiger partial charge is 0.415 e. The molecule has 2 saturated carbocycles. The van der Waals surface area contributed by atoms with Crippen molar-refractivity contribution in [3.05, 3.63) is 0 Å². The molecule has 2 bridgehead atoms. The number of carbonyl (C=O) groups is 1. The number of rotatable bonds is 5. The van der Waals surface area contributed by atoms with E-state index in [1.165, 1.54) is 6.92 Å². The maximum Gasteiger partial charge on any atom is 0.415 e. The van der Waals surface area contributed by atoms with Crippen LogP contribution in [-0.4, -0.2) is 41.9 Å². The van der Waals surface area contributed by atoms with Gasteiger partial charge in [0.15, 0.2) is 0 Å². The molecule has 5 unspecified atom stereocenters. The molecule has 0 amide bonds. The molecule has 3 fully saturated rings. The maximum absolute atomic E-state index is 13.5. The second-order valence-corrected chi connectivity index (χ2v) is 8.20. The van der Waals surface area contributed by atoms with Crippen molar-refractivity contribution in [3.63, 3.8) is 0 Å². The summed E-state index contributed by atoms with van der Waals surface area (Å²) < 4.78 is 64.4. The van der Waals surface area contributed by atoms with E-state index in [4.69, 9.17) is 14.2 Å². The molecule has 0 radical (unpaired) electrons. The molecule has 3 aliphatic rings. The lowest BCUT2D eigenvalue weighted by molar-refractivity contribution is -0.433. The Morgan fingerprint density at radius 3 is 2.77 bits per heavy atom. The van der Waals surface area contributed by atoms with E-state index in [1.54, 1.807) is 0 Å². The minimum atomic E-state index is -4.17. The van der Waals surface area contributed by atoms with Gasteiger partial charge in [0.2, 0.25) is 0 Å². The standard InChI is InChI=1S/C10H12F2O8S2/c1-9(17-8(13)10(11,12)21-20-19-14)4-2-5-6(3-4)18-22(15,16)7(5)9/h4-7,14H,2-3H2,1H3. The molecule has 1 aliphatic heterocycles. The van der Waals surface area contributed by atoms with Gasteiger partial charge in [0.1, 0.15) is 22.9 Å². The molecule has 22 heavy (non-hydrogen) atoms. The van der Waals surface area contributed by atoms with Crippen LogP contribution in [0.15, 0.2) is 0 Å². The molecule has 0 aromatic rings. The number of halogens is 2. The molecule has 2 aliphatic carbocycles. The van der Waals surface area contributed by atoms with Gasteiger partial charge in [-0.05, 0) is 19.8 Å². The van der Waals surface area contributed by atoms with Gasteiger partial charge in [0.25, 0.3) is 10.1 Å². The first-order valence-corrected chi connectivity index (χ1v) is 8.52. The molecular formula is C10H12F2O8S2. The van der Waals surface area contributed by atoms with Crippen molar-refractivity contribution in [2.75, 3.05) is 0 Å². The summed E-state index contributed by atoms with van der Waals surface area (Å²) in [5, 5.41) is 5.56. The first-order valence-electron chi connectivity index (χ1n) is 6.31. The van der Waals surface area contributed by atoms with Crippen LogP contribution in [0, 0.1) is 11.8 Å². The predicted molar refractivity (Wildman–Crippen MR) is 65.6 cm³/mol. The Labute approximate surface area is 128 Å². The van der Waals surface area contributed by atoms with Crippen LogP contribution in [0.3, 0.4) is 0 Å². The second kappa shape index (κ2) is 4.98. The predicted octanol–water partition coefficient (Wildman–Crippen LogP) is 1.09. The maximum atomic E-state index is 13.5. The summed E-state index contributed by atoms with van der Waals surface area (Å²) in [4.78, 5) is 11.6. The van der Waals surface area contributed by atoms with Crippen molar-refractivity contribution < 1.29 is 45.5 Å². The Morgan fingerprint density at radius 2 is 2.14 bits per heavy atom. The fourth-order valence-electron chi connectivity index (χ4n) is 3.81. The topological polar surface area (TPSA) is 108 Å². The Balaban J connectivity index is 1.81. The van der Waals surface area contributed by atoms with Crippen LogP contribution in [0.2, 0.25) is 0 Å². The van der Waals surface area contributed by atoms with E-state index in [2.05, 4.69) is 9.37 Å². The van der Waals surface area contributed by atoms with Gasteiger partial charge in [-0.15, -0.1) is 4.33 Å². The molecule has 8 nitrogen and oxygen atoms in total. The van der Waals surface area contributed by atoms with Crippen molar-refractivity contribution in [2.24, 2.45) is 11.8 Å². The zero-order chi connectivity index (χ0) is 16.3. The van der Waals surface area contributed by atoms with Crippen molar-refractivity contribution in [1.29, 1.82) is 0 Å². The Kier molecular flexibility index (Phi) is 3.70. The van der Waals surface area contributed by atoms with Crippen LogP contribution < -0.4 is 0 Å². The first-order chi connectivity index (χ1) is 10.1. The van der Waals surface area contributed by atoms with Crippen LogP contribution in [-0.2, 0) is 33.2 Å². The fourth-order valence-corrected chi connectivity index (χ4v) is 6.25. The highest BCUT2D eigenvalue weighted by Gasteiger charge is 2.72. The normalized spacial score (nSPS) is 41.8. The Morgan fingerprint density at radius 1 is 1.45 bits per heavy atom. The van der Waals surface area contributed by atoms with E-state index in [0.29, 0.717) is 12.8 Å². The lowest BCUT2D eigenvalue weighted by Gasteiger charge is -2.36. The van der Waals surface area contributed by atoms with Gasteiger partial charge in [-0.3, -0.25) is 4.18 Å². The zero-order valence-electron chi connectivity index (χ0n) is 11.1. The monoisotopic (exact) mass is 362 g/mol. The van der Waals surface area contributed by atoms with E-state index >= 15 is 0 Å². The van der Waals surface area contributed by atoms with Gasteiger partial charge in [0, 0.05) is 11.8 Å². The molecule has 0 aromatic carbocycles. The van der Waals surface area contributed by atoms with Crippen LogP contribution in [0.25, 0.3) is 0 Å². The molecule has 1 heterocycles. The molecule has 0 spiro atoms. The second-order valence-electron chi connectivity index (χ2n) is 5.70. The van der Waals surface area contributed by atoms with Gasteiger partial charge in [-0.2, -0.15) is 17.2 Å². The van der Waals surface area contributed by atoms with E-state index in [9.17, 15) is 22.0 Å². The molecule has 1 saturated heterocycles. The first kappa shape index (κ1) is 16.3. The average Bonchev–Trinajstić information content (AvgIpc) is 2.96. The van der Waals surface area contributed by atoms with Crippen molar-refractivity contribution in [1.82, 2.24) is 0 Å². The van der Waals surface area contributed by atoms with Gasteiger partial charge < -0.3 is 4.74 Å². The van der Waals surface area contributed by atoms with Crippen LogP contribution in [0.5, 0.6) is 0 Å². The molecule has 12 heteroatoms. The largest absolute Gasteiger partial charge is 0.452 e. The number of fused-ring (bicyclic) bond motifs is 1. The van der Waals surface area contributed by atoms with Gasteiger partial charge in [0.05, 0.1) is 6.10 Å². The summed E-state index contributed by atoms with van der Waals surface area (Å²) in [6.45, 7) is 1.33. The van der Waals surface area contributed by atoms with Crippen LogP contribution in [0.1, 0.15) is 19.8 Å². The van der Waals surface area contributed by atoms with E-state index < -0.39 is 50.3 Å². The lowest BCUT2D eigenvalue weighted by atomic mass is 9.84. The molecule has 126 valence electrons. The molecule has 5 atom stereocenters. The third kappa shape index (κ3) is 2.24. The molecule has 0 aromatic heterocycles.